The van der Waals surface area contributed by atoms with Crippen LogP contribution in [0.2, 0.25) is 0 Å². The largest absolute Gasteiger partial charge is 0.508 e. The van der Waals surface area contributed by atoms with Gasteiger partial charge in [0.25, 0.3) is 0 Å². The number of Topliss-reactive ketones (excluding diaryl/α,β-unsaturated/α-hetero) is 1. The third-order valence-corrected chi connectivity index (χ3v) is 6.21. The Morgan fingerprint density at radius 2 is 2.00 bits per heavy atom. The van der Waals surface area contributed by atoms with Crippen LogP contribution in [0.15, 0.2) is 12.1 Å². The maximum Gasteiger partial charge on any atom is 0.139 e. The van der Waals surface area contributed by atoms with E-state index in [-0.39, 0.29) is 16.7 Å². The molecule has 0 bridgehead atoms. The van der Waals surface area contributed by atoms with Gasteiger partial charge in [0.05, 0.1) is 0 Å². The van der Waals surface area contributed by atoms with Crippen LogP contribution in [0.25, 0.3) is 6.08 Å². The number of ketones is 1. The van der Waals surface area contributed by atoms with Gasteiger partial charge in [-0.25, -0.2) is 0 Å². The normalized spacial score (nSPS) is 29.1. The molecule has 0 radical (unpaired) electrons. The van der Waals surface area contributed by atoms with Crippen molar-refractivity contribution in [1.82, 2.24) is 0 Å². The molecule has 0 amide bonds. The molecule has 1 N–H and O–H groups in total. The minimum Gasteiger partial charge on any atom is -0.508 e. The van der Waals surface area contributed by atoms with Gasteiger partial charge in [-0.2, -0.15) is 0 Å². The first kappa shape index (κ1) is 15.3. The molecule has 2 unspecified atom stereocenters. The molecule has 1 aromatic carbocycles. The molecular weight excluding hydrogens is 272 g/mol. The second-order valence-corrected chi connectivity index (χ2v) is 7.71. The summed E-state index contributed by atoms with van der Waals surface area (Å²) in [6.45, 7) is 10.5. The summed E-state index contributed by atoms with van der Waals surface area (Å²) >= 11 is 0. The predicted octanol–water partition coefficient (Wildman–Crippen LogP) is 4.55. The summed E-state index contributed by atoms with van der Waals surface area (Å²) in [5.74, 6) is 0.941. The van der Waals surface area contributed by atoms with Crippen LogP contribution < -0.4 is 0 Å². The van der Waals surface area contributed by atoms with Crippen molar-refractivity contribution in [3.8, 4) is 5.75 Å². The van der Waals surface area contributed by atoms with Crippen LogP contribution in [0.1, 0.15) is 62.8 Å². The second-order valence-electron chi connectivity index (χ2n) is 7.71. The third-order valence-electron chi connectivity index (χ3n) is 6.21. The Balaban J connectivity index is 2.26. The van der Waals surface area contributed by atoms with Gasteiger partial charge in [-0.15, -0.1) is 0 Å². The molecule has 0 aromatic heterocycles. The molecule has 0 spiro atoms. The van der Waals surface area contributed by atoms with Gasteiger partial charge in [0.1, 0.15) is 11.5 Å². The van der Waals surface area contributed by atoms with Crippen molar-refractivity contribution in [3.63, 3.8) is 0 Å². The minimum absolute atomic E-state index is 0.0728. The van der Waals surface area contributed by atoms with Crippen LogP contribution in [-0.2, 0) is 16.6 Å². The number of allylic oxidation sites excluding steroid dienone is 1. The number of phenolic OH excluding ortho intramolecular Hbond substituents is 1. The fraction of sp³-hybridized carbons (Fsp3) is 0.550. The molecule has 118 valence electrons. The van der Waals surface area contributed by atoms with E-state index in [1.165, 1.54) is 16.7 Å². The standard InChI is InChI=1S/C20H26O2/c1-6-13-12(2)16(21)11-15-14(13)7-8-17-19(3,4)18(22)9-10-20(15,17)5/h7-8,11,17,21H,6,9-10H2,1-5H3. The molecule has 2 heteroatoms. The van der Waals surface area contributed by atoms with E-state index in [0.29, 0.717) is 18.0 Å². The summed E-state index contributed by atoms with van der Waals surface area (Å²) in [5.41, 5.74) is 4.30. The SMILES string of the molecule is CCc1c(C)c(O)cc2c1C=CC1C(C)(C)C(=O)CCC21C. The summed E-state index contributed by atoms with van der Waals surface area (Å²) in [4.78, 5) is 12.4. The summed E-state index contributed by atoms with van der Waals surface area (Å²) in [5, 5.41) is 10.4. The van der Waals surface area contributed by atoms with Crippen LogP contribution in [0.3, 0.4) is 0 Å². The maximum absolute atomic E-state index is 12.4. The highest BCUT2D eigenvalue weighted by molar-refractivity contribution is 5.87. The van der Waals surface area contributed by atoms with Gasteiger partial charge < -0.3 is 5.11 Å². The van der Waals surface area contributed by atoms with Crippen LogP contribution in [-0.4, -0.2) is 10.9 Å². The van der Waals surface area contributed by atoms with E-state index >= 15 is 0 Å². The quantitative estimate of drug-likeness (QED) is 0.825. The van der Waals surface area contributed by atoms with E-state index < -0.39 is 0 Å². The first-order valence-corrected chi connectivity index (χ1v) is 8.31. The lowest BCUT2D eigenvalue weighted by Gasteiger charge is -2.51. The highest BCUT2D eigenvalue weighted by Gasteiger charge is 2.52. The molecule has 22 heavy (non-hydrogen) atoms. The van der Waals surface area contributed by atoms with Gasteiger partial charge in [0, 0.05) is 17.3 Å². The van der Waals surface area contributed by atoms with E-state index in [0.717, 1.165) is 18.4 Å². The monoisotopic (exact) mass is 298 g/mol. The lowest BCUT2D eigenvalue weighted by molar-refractivity contribution is -0.134. The first-order chi connectivity index (χ1) is 10.2. The average molecular weight is 298 g/mol. The number of rotatable bonds is 1. The summed E-state index contributed by atoms with van der Waals surface area (Å²) < 4.78 is 0. The van der Waals surface area contributed by atoms with Crippen molar-refractivity contribution >= 4 is 11.9 Å². The number of hydrogen-bond donors (Lipinski definition) is 1. The van der Waals surface area contributed by atoms with Crippen LogP contribution >= 0.6 is 0 Å². The van der Waals surface area contributed by atoms with Crippen LogP contribution in [0.5, 0.6) is 5.75 Å². The van der Waals surface area contributed by atoms with Gasteiger partial charge in [0.15, 0.2) is 0 Å². The fourth-order valence-corrected chi connectivity index (χ4v) is 4.73. The summed E-state index contributed by atoms with van der Waals surface area (Å²) in [6.07, 6.45) is 6.84. The van der Waals surface area contributed by atoms with Crippen molar-refractivity contribution in [2.45, 2.75) is 59.3 Å². The Hall–Kier alpha value is -1.57. The number of aromatic hydroxyl groups is 1. The lowest BCUT2D eigenvalue weighted by atomic mass is 9.51. The molecule has 2 aliphatic rings. The van der Waals surface area contributed by atoms with Crippen molar-refractivity contribution in [3.05, 3.63) is 34.4 Å². The Kier molecular flexibility index (Phi) is 3.28. The number of fused-ring (bicyclic) bond motifs is 3. The number of phenols is 1. The van der Waals surface area contributed by atoms with Gasteiger partial charge in [-0.05, 0) is 54.0 Å². The molecule has 1 fully saturated rings. The van der Waals surface area contributed by atoms with Crippen LogP contribution in [0, 0.1) is 18.3 Å². The van der Waals surface area contributed by atoms with Crippen molar-refractivity contribution < 1.29 is 9.90 Å². The van der Waals surface area contributed by atoms with Crippen LogP contribution in [0.4, 0.5) is 0 Å². The summed E-state index contributed by atoms with van der Waals surface area (Å²) in [6, 6.07) is 1.95. The third kappa shape index (κ3) is 1.82. The highest BCUT2D eigenvalue weighted by atomic mass is 16.3. The Morgan fingerprint density at radius 3 is 2.64 bits per heavy atom. The molecular formula is C20H26O2. The van der Waals surface area contributed by atoms with Crippen molar-refractivity contribution in [1.29, 1.82) is 0 Å². The zero-order chi connectivity index (χ0) is 16.3. The zero-order valence-corrected chi connectivity index (χ0v) is 14.3. The van der Waals surface area contributed by atoms with E-state index in [1.807, 2.05) is 13.0 Å². The average Bonchev–Trinajstić information content (AvgIpc) is 2.46. The molecule has 3 rings (SSSR count). The molecule has 1 saturated carbocycles. The molecule has 1 aromatic rings. The van der Waals surface area contributed by atoms with E-state index in [2.05, 4.69) is 39.8 Å². The molecule has 0 saturated heterocycles. The summed E-state index contributed by atoms with van der Waals surface area (Å²) in [7, 11) is 0. The van der Waals surface area contributed by atoms with E-state index in [9.17, 15) is 9.90 Å². The molecule has 0 aliphatic heterocycles. The number of carbonyl (C=O) groups is 1. The zero-order valence-electron chi connectivity index (χ0n) is 14.3. The van der Waals surface area contributed by atoms with E-state index in [4.69, 9.17) is 0 Å². The maximum atomic E-state index is 12.4. The lowest BCUT2D eigenvalue weighted by Crippen LogP contribution is -2.50. The van der Waals surface area contributed by atoms with Gasteiger partial charge in [-0.3, -0.25) is 4.79 Å². The fourth-order valence-electron chi connectivity index (χ4n) is 4.73. The molecule has 2 atom stereocenters. The van der Waals surface area contributed by atoms with E-state index in [1.54, 1.807) is 0 Å². The topological polar surface area (TPSA) is 37.3 Å². The Morgan fingerprint density at radius 1 is 1.32 bits per heavy atom. The Bertz CT molecular complexity index is 681. The number of hydrogen-bond acceptors (Lipinski definition) is 2. The molecule has 2 nitrogen and oxygen atoms in total. The van der Waals surface area contributed by atoms with Crippen molar-refractivity contribution in [2.75, 3.05) is 0 Å². The van der Waals surface area contributed by atoms with Crippen molar-refractivity contribution in [2.24, 2.45) is 11.3 Å². The van der Waals surface area contributed by atoms with Gasteiger partial charge in [0.2, 0.25) is 0 Å². The Labute approximate surface area is 133 Å². The second kappa shape index (κ2) is 4.71. The smallest absolute Gasteiger partial charge is 0.139 e. The van der Waals surface area contributed by atoms with Gasteiger partial charge >= 0.3 is 0 Å². The highest BCUT2D eigenvalue weighted by Crippen LogP contribution is 2.55. The molecule has 0 heterocycles. The first-order valence-electron chi connectivity index (χ1n) is 8.31. The molecule has 2 aliphatic carbocycles. The number of benzene rings is 1. The van der Waals surface area contributed by atoms with Gasteiger partial charge in [-0.1, -0.05) is 39.8 Å². The minimum atomic E-state index is -0.339. The number of carbonyl (C=O) groups excluding carboxylic acids is 1. The predicted molar refractivity (Wildman–Crippen MR) is 90.1 cm³/mol.